The first kappa shape index (κ1) is 8.05. The Balaban J connectivity index is 2.69. The van der Waals surface area contributed by atoms with Gasteiger partial charge in [-0.05, 0) is 6.07 Å². The lowest BCUT2D eigenvalue weighted by Gasteiger charge is -1.98. The largest absolute Gasteiger partial charge is 0.424 e. The van der Waals surface area contributed by atoms with E-state index in [1.165, 1.54) is 6.20 Å². The first-order chi connectivity index (χ1) is 7.27. The molecule has 0 fully saturated rings. The number of nitrogens with one attached hydrogen (secondary N) is 1. The minimum Gasteiger partial charge on any atom is -0.424 e. The van der Waals surface area contributed by atoms with E-state index in [4.69, 9.17) is 0 Å². The van der Waals surface area contributed by atoms with Crippen LogP contribution in [0.4, 0.5) is 0 Å². The maximum Gasteiger partial charge on any atom is 0.359 e. The van der Waals surface area contributed by atoms with Crippen molar-refractivity contribution in [2.45, 2.75) is 0 Å². The molecule has 0 saturated carbocycles. The normalized spacial score (nSPS) is 11.2. The first-order valence-corrected chi connectivity index (χ1v) is 4.45. The van der Waals surface area contributed by atoms with Crippen molar-refractivity contribution in [3.8, 4) is 0 Å². The van der Waals surface area contributed by atoms with Crippen molar-refractivity contribution in [1.82, 2.24) is 14.7 Å². The van der Waals surface area contributed by atoms with Gasteiger partial charge in [0.25, 0.3) is 0 Å². The van der Waals surface area contributed by atoms with Gasteiger partial charge in [-0.25, -0.2) is 4.79 Å². The monoisotopic (exact) mass is 201 g/mol. The van der Waals surface area contributed by atoms with E-state index in [9.17, 15) is 10.0 Å². The predicted molar refractivity (Wildman–Crippen MR) is 55.0 cm³/mol. The topological polar surface area (TPSA) is 70.9 Å². The highest BCUT2D eigenvalue weighted by Gasteiger charge is 2.09. The smallest absolute Gasteiger partial charge is 0.359 e. The SMILES string of the molecule is O=c1[nH]c2cnc3ccccc3c2n1O. The Morgan fingerprint density at radius 1 is 1.33 bits per heavy atom. The van der Waals surface area contributed by atoms with E-state index in [-0.39, 0.29) is 0 Å². The number of aromatic amines is 1. The lowest BCUT2D eigenvalue weighted by Crippen LogP contribution is -2.13. The fraction of sp³-hybridized carbons (Fsp3) is 0. The number of H-pyrrole nitrogens is 1. The van der Waals surface area contributed by atoms with Gasteiger partial charge in [0.15, 0.2) is 0 Å². The third-order valence-corrected chi connectivity index (χ3v) is 2.39. The van der Waals surface area contributed by atoms with Crippen molar-refractivity contribution in [2.24, 2.45) is 0 Å². The average molecular weight is 201 g/mol. The number of rotatable bonds is 0. The van der Waals surface area contributed by atoms with Crippen molar-refractivity contribution < 1.29 is 5.21 Å². The van der Waals surface area contributed by atoms with Crippen LogP contribution < -0.4 is 5.69 Å². The molecule has 3 aromatic rings. The summed E-state index contributed by atoms with van der Waals surface area (Å²) in [6.45, 7) is 0. The summed E-state index contributed by atoms with van der Waals surface area (Å²) in [6, 6.07) is 7.32. The van der Waals surface area contributed by atoms with Crippen LogP contribution in [-0.4, -0.2) is 19.9 Å². The van der Waals surface area contributed by atoms with Crippen molar-refractivity contribution >= 4 is 21.9 Å². The molecule has 0 spiro atoms. The Kier molecular flexibility index (Phi) is 1.39. The van der Waals surface area contributed by atoms with Crippen LogP contribution in [-0.2, 0) is 0 Å². The van der Waals surface area contributed by atoms with Gasteiger partial charge in [0.2, 0.25) is 0 Å². The highest BCUT2D eigenvalue weighted by molar-refractivity contribution is 6.01. The molecule has 74 valence electrons. The van der Waals surface area contributed by atoms with Gasteiger partial charge in [-0.1, -0.05) is 18.2 Å². The first-order valence-electron chi connectivity index (χ1n) is 4.45. The molecule has 0 atom stereocenters. The Morgan fingerprint density at radius 2 is 2.13 bits per heavy atom. The van der Waals surface area contributed by atoms with Crippen molar-refractivity contribution in [3.05, 3.63) is 40.9 Å². The molecule has 15 heavy (non-hydrogen) atoms. The van der Waals surface area contributed by atoms with Crippen LogP contribution in [0.15, 0.2) is 35.3 Å². The number of nitrogens with zero attached hydrogens (tertiary/aromatic N) is 2. The van der Waals surface area contributed by atoms with Crippen molar-refractivity contribution in [3.63, 3.8) is 0 Å². The molecule has 5 heteroatoms. The summed E-state index contributed by atoms with van der Waals surface area (Å²) >= 11 is 0. The van der Waals surface area contributed by atoms with Crippen LogP contribution in [0, 0.1) is 0 Å². The molecule has 2 heterocycles. The molecule has 0 radical (unpaired) electrons. The molecule has 0 aliphatic rings. The fourth-order valence-electron chi connectivity index (χ4n) is 1.72. The number of imidazole rings is 1. The summed E-state index contributed by atoms with van der Waals surface area (Å²) in [5.41, 5.74) is 1.18. The summed E-state index contributed by atoms with van der Waals surface area (Å²) in [7, 11) is 0. The second-order valence-corrected chi connectivity index (χ2v) is 3.28. The average Bonchev–Trinajstić information content (AvgIpc) is 2.55. The molecule has 2 N–H and O–H groups in total. The van der Waals surface area contributed by atoms with Crippen molar-refractivity contribution in [2.75, 3.05) is 0 Å². The maximum atomic E-state index is 11.2. The van der Waals surface area contributed by atoms with E-state index in [1.54, 1.807) is 0 Å². The van der Waals surface area contributed by atoms with E-state index in [2.05, 4.69) is 9.97 Å². The van der Waals surface area contributed by atoms with Crippen LogP contribution in [0.2, 0.25) is 0 Å². The Bertz CT molecular complexity index is 711. The van der Waals surface area contributed by atoms with Gasteiger partial charge < -0.3 is 10.2 Å². The minimum atomic E-state index is -0.553. The fourth-order valence-corrected chi connectivity index (χ4v) is 1.72. The highest BCUT2D eigenvalue weighted by Crippen LogP contribution is 2.19. The van der Waals surface area contributed by atoms with Crippen LogP contribution in [0.1, 0.15) is 0 Å². The predicted octanol–water partition coefficient (Wildman–Crippen LogP) is 1.12. The molecule has 0 amide bonds. The number of pyridine rings is 1. The third kappa shape index (κ3) is 0.969. The Labute approximate surface area is 83.6 Å². The van der Waals surface area contributed by atoms with E-state index in [0.717, 1.165) is 10.9 Å². The standard InChI is InChI=1S/C10H7N3O2/c14-10-12-8-5-11-7-4-2-1-3-6(7)9(8)13(10)15/h1-5,15H,(H,12,14). The molecule has 1 aromatic carbocycles. The van der Waals surface area contributed by atoms with Crippen molar-refractivity contribution in [1.29, 1.82) is 0 Å². The number of para-hydroxylation sites is 1. The number of aromatic nitrogens is 3. The number of fused-ring (bicyclic) bond motifs is 3. The molecule has 2 aromatic heterocycles. The lowest BCUT2D eigenvalue weighted by atomic mass is 10.2. The molecular weight excluding hydrogens is 194 g/mol. The number of hydrogen-bond donors (Lipinski definition) is 2. The van der Waals surface area contributed by atoms with Gasteiger partial charge in [0, 0.05) is 5.39 Å². The van der Waals surface area contributed by atoms with Gasteiger partial charge in [-0.3, -0.25) is 4.98 Å². The summed E-state index contributed by atoms with van der Waals surface area (Å²) < 4.78 is 0.610. The lowest BCUT2D eigenvalue weighted by molar-refractivity contribution is 0.188. The number of hydrogen-bond acceptors (Lipinski definition) is 3. The second-order valence-electron chi connectivity index (χ2n) is 3.28. The zero-order chi connectivity index (χ0) is 10.4. The summed E-state index contributed by atoms with van der Waals surface area (Å²) in [6.07, 6.45) is 1.53. The maximum absolute atomic E-state index is 11.2. The van der Waals surface area contributed by atoms with Crippen LogP contribution in [0.3, 0.4) is 0 Å². The Hall–Kier alpha value is -2.30. The summed E-state index contributed by atoms with van der Waals surface area (Å²) in [5, 5.41) is 10.3. The summed E-state index contributed by atoms with van der Waals surface area (Å²) in [5.74, 6) is 0. The molecule has 0 aliphatic heterocycles. The van der Waals surface area contributed by atoms with Crippen LogP contribution in [0.25, 0.3) is 21.9 Å². The van der Waals surface area contributed by atoms with Crippen LogP contribution in [0.5, 0.6) is 0 Å². The van der Waals surface area contributed by atoms with E-state index >= 15 is 0 Å². The second kappa shape index (κ2) is 2.60. The highest BCUT2D eigenvalue weighted by atomic mass is 16.5. The minimum absolute atomic E-state index is 0.464. The van der Waals surface area contributed by atoms with E-state index in [1.807, 2.05) is 24.3 Å². The molecule has 3 rings (SSSR count). The van der Waals surface area contributed by atoms with Crippen LogP contribution >= 0.6 is 0 Å². The van der Waals surface area contributed by atoms with E-state index in [0.29, 0.717) is 15.8 Å². The summed E-state index contributed by atoms with van der Waals surface area (Å²) in [4.78, 5) is 17.9. The molecular formula is C10H7N3O2. The molecule has 0 saturated heterocycles. The molecule has 5 nitrogen and oxygen atoms in total. The van der Waals surface area contributed by atoms with Gasteiger partial charge in [0.1, 0.15) is 5.52 Å². The quantitative estimate of drug-likeness (QED) is 0.535. The van der Waals surface area contributed by atoms with Gasteiger partial charge in [0.05, 0.1) is 17.2 Å². The molecule has 0 bridgehead atoms. The molecule has 0 unspecified atom stereocenters. The van der Waals surface area contributed by atoms with Gasteiger partial charge >= 0.3 is 5.69 Å². The van der Waals surface area contributed by atoms with E-state index < -0.39 is 5.69 Å². The van der Waals surface area contributed by atoms with Gasteiger partial charge in [-0.15, -0.1) is 4.73 Å². The zero-order valence-corrected chi connectivity index (χ0v) is 7.64. The Morgan fingerprint density at radius 3 is 3.00 bits per heavy atom. The number of benzene rings is 1. The third-order valence-electron chi connectivity index (χ3n) is 2.39. The molecule has 0 aliphatic carbocycles. The zero-order valence-electron chi connectivity index (χ0n) is 7.64. The van der Waals surface area contributed by atoms with Gasteiger partial charge in [-0.2, -0.15) is 0 Å².